The molecule has 0 heterocycles. The van der Waals surface area contributed by atoms with Crippen LogP contribution in [0.3, 0.4) is 0 Å². The Bertz CT molecular complexity index is 481. The Balaban J connectivity index is 2.64. The van der Waals surface area contributed by atoms with Crippen LogP contribution < -0.4 is 21.1 Å². The maximum absolute atomic E-state index is 11.7. The smallest absolute Gasteiger partial charge is 0.249 e. The lowest BCUT2D eigenvalue weighted by atomic mass is 9.82. The second-order valence-electron chi connectivity index (χ2n) is 5.77. The van der Waals surface area contributed by atoms with Crippen molar-refractivity contribution in [2.45, 2.75) is 26.2 Å². The highest BCUT2D eigenvalue weighted by atomic mass is 16.5. The predicted octanol–water partition coefficient (Wildman–Crippen LogP) is 0.252. The van der Waals surface area contributed by atoms with Crippen molar-refractivity contribution in [3.8, 4) is 0 Å². The van der Waals surface area contributed by atoms with Crippen molar-refractivity contribution in [1.29, 1.82) is 0 Å². The number of nitrogens with one attached hydrogen (secondary N) is 1. The SMILES string of the molecule is CNCCOCCN(C)c1c(C(C)(C)C)c(=O)c1=O. The van der Waals surface area contributed by atoms with Crippen LogP contribution in [0.4, 0.5) is 5.69 Å². The molecule has 0 saturated heterocycles. The highest BCUT2D eigenvalue weighted by Crippen LogP contribution is 2.27. The predicted molar refractivity (Wildman–Crippen MR) is 78.1 cm³/mol. The lowest BCUT2D eigenvalue weighted by Crippen LogP contribution is -2.47. The molecule has 19 heavy (non-hydrogen) atoms. The first-order chi connectivity index (χ1) is 8.80. The van der Waals surface area contributed by atoms with Crippen molar-refractivity contribution in [2.24, 2.45) is 0 Å². The van der Waals surface area contributed by atoms with E-state index in [1.807, 2.05) is 39.8 Å². The van der Waals surface area contributed by atoms with Crippen LogP contribution in [0.1, 0.15) is 26.3 Å². The molecule has 0 unspecified atom stereocenters. The van der Waals surface area contributed by atoms with E-state index in [4.69, 9.17) is 4.74 Å². The Hall–Kier alpha value is -1.20. The molecule has 0 fully saturated rings. The normalized spacial score (nSPS) is 12.1. The van der Waals surface area contributed by atoms with Gasteiger partial charge in [0.15, 0.2) is 0 Å². The van der Waals surface area contributed by atoms with E-state index in [0.717, 1.165) is 6.54 Å². The van der Waals surface area contributed by atoms with Crippen molar-refractivity contribution in [1.82, 2.24) is 5.32 Å². The Kier molecular flexibility index (Phi) is 5.26. The molecule has 0 aromatic heterocycles. The molecule has 5 nitrogen and oxygen atoms in total. The molecule has 108 valence electrons. The highest BCUT2D eigenvalue weighted by molar-refractivity contribution is 5.60. The molecule has 0 radical (unpaired) electrons. The van der Waals surface area contributed by atoms with Gasteiger partial charge in [-0.15, -0.1) is 0 Å². The fraction of sp³-hybridized carbons (Fsp3) is 0.714. The topological polar surface area (TPSA) is 58.6 Å². The molecular formula is C14H24N2O3. The first kappa shape index (κ1) is 15.9. The van der Waals surface area contributed by atoms with Crippen molar-refractivity contribution >= 4 is 5.69 Å². The van der Waals surface area contributed by atoms with E-state index < -0.39 is 0 Å². The molecule has 0 aliphatic heterocycles. The summed E-state index contributed by atoms with van der Waals surface area (Å²) in [6.07, 6.45) is 0. The molecule has 1 aromatic rings. The molecule has 0 amide bonds. The van der Waals surface area contributed by atoms with E-state index in [0.29, 0.717) is 31.0 Å². The number of likely N-dealkylation sites (N-methyl/N-ethyl adjacent to an activating group) is 2. The zero-order valence-electron chi connectivity index (χ0n) is 12.5. The van der Waals surface area contributed by atoms with Gasteiger partial charge in [-0.2, -0.15) is 0 Å². The third kappa shape index (κ3) is 3.64. The minimum atomic E-state index is -0.373. The highest BCUT2D eigenvalue weighted by Gasteiger charge is 2.31. The first-order valence-electron chi connectivity index (χ1n) is 6.58. The number of anilines is 1. The fourth-order valence-corrected chi connectivity index (χ4v) is 2.03. The number of hydrogen-bond donors (Lipinski definition) is 1. The van der Waals surface area contributed by atoms with Gasteiger partial charge in [0.25, 0.3) is 0 Å². The van der Waals surface area contributed by atoms with Crippen LogP contribution in [-0.4, -0.2) is 40.4 Å². The lowest BCUT2D eigenvalue weighted by molar-refractivity contribution is 0.144. The Morgan fingerprint density at radius 1 is 1.16 bits per heavy atom. The number of rotatable bonds is 7. The second-order valence-corrected chi connectivity index (χ2v) is 5.77. The van der Waals surface area contributed by atoms with E-state index >= 15 is 0 Å². The van der Waals surface area contributed by atoms with Crippen LogP contribution in [0.2, 0.25) is 0 Å². The molecule has 0 aliphatic rings. The second kappa shape index (κ2) is 6.30. The largest absolute Gasteiger partial charge is 0.378 e. The molecule has 1 rings (SSSR count). The number of nitrogens with zero attached hydrogens (tertiary/aromatic N) is 1. The standard InChI is InChI=1S/C14H24N2O3/c1-14(2,3)10-11(13(18)12(10)17)16(5)7-9-19-8-6-15-4/h15H,6-9H2,1-5H3. The van der Waals surface area contributed by atoms with Crippen LogP contribution in [0, 0.1) is 0 Å². The van der Waals surface area contributed by atoms with E-state index in [1.54, 1.807) is 0 Å². The summed E-state index contributed by atoms with van der Waals surface area (Å²) in [5.41, 5.74) is 0.180. The summed E-state index contributed by atoms with van der Waals surface area (Å²) in [5, 5.41) is 2.99. The van der Waals surface area contributed by atoms with Gasteiger partial charge in [0.1, 0.15) is 0 Å². The number of hydrogen-bond acceptors (Lipinski definition) is 5. The van der Waals surface area contributed by atoms with Crippen molar-refractivity contribution < 1.29 is 4.74 Å². The van der Waals surface area contributed by atoms with Crippen LogP contribution in [-0.2, 0) is 10.2 Å². The molecular weight excluding hydrogens is 244 g/mol. The van der Waals surface area contributed by atoms with Gasteiger partial charge in [-0.25, -0.2) is 0 Å². The van der Waals surface area contributed by atoms with Crippen molar-refractivity contribution in [3.05, 3.63) is 26.0 Å². The summed E-state index contributed by atoms with van der Waals surface area (Å²) in [4.78, 5) is 25.2. The van der Waals surface area contributed by atoms with E-state index in [9.17, 15) is 9.59 Å². The molecule has 0 bridgehead atoms. The summed E-state index contributed by atoms with van der Waals surface area (Å²) in [5.74, 6) is 0. The van der Waals surface area contributed by atoms with Gasteiger partial charge in [0, 0.05) is 25.7 Å². The first-order valence-corrected chi connectivity index (χ1v) is 6.58. The molecule has 0 aliphatic carbocycles. The minimum Gasteiger partial charge on any atom is -0.378 e. The molecule has 0 atom stereocenters. The summed E-state index contributed by atoms with van der Waals surface area (Å²) >= 11 is 0. The molecule has 1 N–H and O–H groups in total. The molecule has 0 saturated carbocycles. The maximum Gasteiger partial charge on any atom is 0.249 e. The lowest BCUT2D eigenvalue weighted by Gasteiger charge is -2.29. The molecule has 0 spiro atoms. The van der Waals surface area contributed by atoms with Crippen molar-refractivity contribution in [2.75, 3.05) is 45.3 Å². The third-order valence-electron chi connectivity index (χ3n) is 3.08. The summed E-state index contributed by atoms with van der Waals surface area (Å²) in [6, 6.07) is 0. The zero-order chi connectivity index (χ0) is 14.6. The van der Waals surface area contributed by atoms with Gasteiger partial charge in [-0.3, -0.25) is 9.59 Å². The average molecular weight is 268 g/mol. The average Bonchev–Trinajstić information content (AvgIpc) is 2.32. The minimum absolute atomic E-state index is 0.290. The van der Waals surface area contributed by atoms with Crippen LogP contribution in [0.5, 0.6) is 0 Å². The zero-order valence-corrected chi connectivity index (χ0v) is 12.5. The van der Waals surface area contributed by atoms with Gasteiger partial charge in [-0.05, 0) is 12.5 Å². The quantitative estimate of drug-likeness (QED) is 0.567. The van der Waals surface area contributed by atoms with Gasteiger partial charge < -0.3 is 15.0 Å². The summed E-state index contributed by atoms with van der Waals surface area (Å²) in [6.45, 7) is 8.44. The summed E-state index contributed by atoms with van der Waals surface area (Å²) < 4.78 is 5.42. The molecule has 5 heteroatoms. The van der Waals surface area contributed by atoms with Gasteiger partial charge in [0.05, 0.1) is 18.9 Å². The van der Waals surface area contributed by atoms with E-state index in [-0.39, 0.29) is 16.3 Å². The maximum atomic E-state index is 11.7. The Labute approximate surface area is 114 Å². The van der Waals surface area contributed by atoms with E-state index in [2.05, 4.69) is 5.32 Å². The van der Waals surface area contributed by atoms with Gasteiger partial charge in [-0.1, -0.05) is 20.8 Å². The summed E-state index contributed by atoms with van der Waals surface area (Å²) in [7, 11) is 3.70. The third-order valence-corrected chi connectivity index (χ3v) is 3.08. The van der Waals surface area contributed by atoms with Crippen LogP contribution >= 0.6 is 0 Å². The number of ether oxygens (including phenoxy) is 1. The van der Waals surface area contributed by atoms with Gasteiger partial charge in [0.2, 0.25) is 10.9 Å². The Morgan fingerprint density at radius 2 is 1.79 bits per heavy atom. The van der Waals surface area contributed by atoms with Crippen molar-refractivity contribution in [3.63, 3.8) is 0 Å². The molecule has 1 aromatic carbocycles. The monoisotopic (exact) mass is 268 g/mol. The Morgan fingerprint density at radius 3 is 2.32 bits per heavy atom. The van der Waals surface area contributed by atoms with E-state index in [1.165, 1.54) is 0 Å². The van der Waals surface area contributed by atoms with Crippen LogP contribution in [0.15, 0.2) is 9.59 Å². The fourth-order valence-electron chi connectivity index (χ4n) is 2.03. The van der Waals surface area contributed by atoms with Crippen LogP contribution in [0.25, 0.3) is 0 Å². The van der Waals surface area contributed by atoms with Gasteiger partial charge >= 0.3 is 0 Å².